The minimum absolute atomic E-state index is 0.0913. The summed E-state index contributed by atoms with van der Waals surface area (Å²) in [5, 5.41) is 2.79. The number of rotatable bonds is 2. The van der Waals surface area contributed by atoms with Crippen LogP contribution >= 0.6 is 0 Å². The van der Waals surface area contributed by atoms with Gasteiger partial charge in [0.2, 0.25) is 5.91 Å². The fraction of sp³-hybridized carbons (Fsp3) is 0.600. The normalized spacial score (nSPS) is 28.1. The van der Waals surface area contributed by atoms with E-state index in [0.717, 1.165) is 24.5 Å². The van der Waals surface area contributed by atoms with E-state index >= 15 is 0 Å². The summed E-state index contributed by atoms with van der Waals surface area (Å²) in [6, 6.07) is 3.93. The second-order valence-corrected chi connectivity index (χ2v) is 8.26. The zero-order chi connectivity index (χ0) is 20.1. The molecule has 0 bridgehead atoms. The first kappa shape index (κ1) is 19.1. The molecule has 0 aromatic heterocycles. The molecule has 3 fully saturated rings. The number of nitrogens with zero attached hydrogens (tertiary/aromatic N) is 1. The number of likely N-dealkylation sites (tertiary alicyclic amines) is 1. The molecule has 0 unspecified atom stereocenters. The number of carbonyl (C=O) groups excluding carboxylic acids is 2. The minimum atomic E-state index is -4.33. The maximum Gasteiger partial charge on any atom is 0.416 e. The molecule has 5 nitrogen and oxygen atoms in total. The SMILES string of the molecule is Cc1cc(C(F)(F)F)ccc1C1CCN(C(=O)C2CC3(COC(=O)N3)C2)CC1. The van der Waals surface area contributed by atoms with Crippen molar-refractivity contribution < 1.29 is 27.5 Å². The van der Waals surface area contributed by atoms with Gasteiger partial charge in [-0.3, -0.25) is 4.79 Å². The van der Waals surface area contributed by atoms with Crippen LogP contribution in [0.15, 0.2) is 18.2 Å². The zero-order valence-corrected chi connectivity index (χ0v) is 15.6. The fourth-order valence-electron chi connectivity index (χ4n) is 4.75. The lowest BCUT2D eigenvalue weighted by Gasteiger charge is -2.45. The summed E-state index contributed by atoms with van der Waals surface area (Å²) >= 11 is 0. The molecule has 28 heavy (non-hydrogen) atoms. The fourth-order valence-corrected chi connectivity index (χ4v) is 4.75. The van der Waals surface area contributed by atoms with Gasteiger partial charge in [-0.1, -0.05) is 6.07 Å². The van der Waals surface area contributed by atoms with E-state index in [-0.39, 0.29) is 23.3 Å². The van der Waals surface area contributed by atoms with Gasteiger partial charge in [-0.05, 0) is 61.8 Å². The van der Waals surface area contributed by atoms with Crippen molar-refractivity contribution in [1.82, 2.24) is 10.2 Å². The van der Waals surface area contributed by atoms with Gasteiger partial charge in [-0.15, -0.1) is 0 Å². The van der Waals surface area contributed by atoms with Crippen molar-refractivity contribution in [2.75, 3.05) is 19.7 Å². The van der Waals surface area contributed by atoms with E-state index in [0.29, 0.717) is 38.1 Å². The second-order valence-electron chi connectivity index (χ2n) is 8.26. The molecule has 2 heterocycles. The summed E-state index contributed by atoms with van der Waals surface area (Å²) in [6.07, 6.45) is -2.04. The highest BCUT2D eigenvalue weighted by Gasteiger charge is 2.53. The highest BCUT2D eigenvalue weighted by Crippen LogP contribution is 2.42. The van der Waals surface area contributed by atoms with Gasteiger partial charge in [-0.2, -0.15) is 13.2 Å². The van der Waals surface area contributed by atoms with Crippen LogP contribution in [-0.2, 0) is 15.7 Å². The molecule has 1 aromatic carbocycles. The Morgan fingerprint density at radius 2 is 1.93 bits per heavy atom. The van der Waals surface area contributed by atoms with Crippen molar-refractivity contribution in [3.8, 4) is 0 Å². The van der Waals surface area contributed by atoms with E-state index in [9.17, 15) is 22.8 Å². The number of carbonyl (C=O) groups is 2. The van der Waals surface area contributed by atoms with E-state index in [1.807, 2.05) is 4.90 Å². The van der Waals surface area contributed by atoms with Crippen LogP contribution in [0.25, 0.3) is 0 Å². The number of benzene rings is 1. The maximum absolute atomic E-state index is 12.9. The van der Waals surface area contributed by atoms with Crippen LogP contribution in [0.5, 0.6) is 0 Å². The molecule has 0 radical (unpaired) electrons. The average Bonchev–Trinajstić information content (AvgIpc) is 3.01. The lowest BCUT2D eigenvalue weighted by Crippen LogP contribution is -2.58. The Balaban J connectivity index is 1.33. The number of piperidine rings is 1. The molecule has 2 amide bonds. The summed E-state index contributed by atoms with van der Waals surface area (Å²) in [5.41, 5.74) is 0.599. The van der Waals surface area contributed by atoms with Gasteiger partial charge in [0, 0.05) is 19.0 Å². The standard InChI is InChI=1S/C20H23F3N2O3/c1-12-8-15(20(21,22)23)2-3-16(12)13-4-6-25(7-5-13)17(26)14-9-19(10-14)11-28-18(27)24-19/h2-3,8,13-14H,4-7,9-11H2,1H3,(H,24,27). The van der Waals surface area contributed by atoms with E-state index in [1.54, 1.807) is 13.0 Å². The zero-order valence-electron chi connectivity index (χ0n) is 15.6. The molecule has 1 N–H and O–H groups in total. The van der Waals surface area contributed by atoms with Gasteiger partial charge in [0.05, 0.1) is 11.1 Å². The average molecular weight is 396 g/mol. The predicted molar refractivity (Wildman–Crippen MR) is 94.7 cm³/mol. The van der Waals surface area contributed by atoms with Crippen molar-refractivity contribution in [2.24, 2.45) is 5.92 Å². The number of alkyl carbamates (subject to hydrolysis) is 1. The number of nitrogens with one attached hydrogen (secondary N) is 1. The Morgan fingerprint density at radius 3 is 2.46 bits per heavy atom. The quantitative estimate of drug-likeness (QED) is 0.831. The molecular formula is C20H23F3N2O3. The van der Waals surface area contributed by atoms with Gasteiger partial charge in [0.25, 0.3) is 0 Å². The third kappa shape index (κ3) is 3.44. The number of aryl methyl sites for hydroxylation is 1. The molecule has 3 aliphatic rings. The number of hydrogen-bond acceptors (Lipinski definition) is 3. The lowest BCUT2D eigenvalue weighted by molar-refractivity contribution is -0.142. The van der Waals surface area contributed by atoms with Crippen LogP contribution in [0.1, 0.15) is 48.3 Å². The first-order valence-electron chi connectivity index (χ1n) is 9.58. The van der Waals surface area contributed by atoms with E-state index < -0.39 is 17.8 Å². The van der Waals surface area contributed by atoms with Crippen molar-refractivity contribution in [3.05, 3.63) is 34.9 Å². The van der Waals surface area contributed by atoms with Crippen LogP contribution in [0, 0.1) is 12.8 Å². The third-order valence-corrected chi connectivity index (χ3v) is 6.31. The molecule has 4 rings (SSSR count). The number of alkyl halides is 3. The first-order chi connectivity index (χ1) is 13.2. The van der Waals surface area contributed by atoms with Crippen molar-refractivity contribution in [2.45, 2.75) is 50.2 Å². The molecule has 1 aromatic rings. The molecule has 8 heteroatoms. The number of cyclic esters (lactones) is 1. The van der Waals surface area contributed by atoms with Gasteiger partial charge in [0.1, 0.15) is 6.61 Å². The molecule has 0 atom stereocenters. The Bertz CT molecular complexity index is 794. The summed E-state index contributed by atoms with van der Waals surface area (Å²) in [5.74, 6) is 0.183. The number of amides is 2. The van der Waals surface area contributed by atoms with E-state index in [4.69, 9.17) is 4.74 Å². The maximum atomic E-state index is 12.9. The Hall–Kier alpha value is -2.25. The highest BCUT2D eigenvalue weighted by atomic mass is 19.4. The van der Waals surface area contributed by atoms with Crippen LogP contribution in [0.4, 0.5) is 18.0 Å². The number of halogens is 3. The molecule has 2 saturated heterocycles. The van der Waals surface area contributed by atoms with Gasteiger partial charge in [-0.25, -0.2) is 4.79 Å². The Kier molecular flexibility index (Phi) is 4.55. The van der Waals surface area contributed by atoms with Crippen LogP contribution in [0.3, 0.4) is 0 Å². The summed E-state index contributed by atoms with van der Waals surface area (Å²) in [7, 11) is 0. The molecule has 1 spiro atoms. The van der Waals surface area contributed by atoms with Crippen molar-refractivity contribution in [1.29, 1.82) is 0 Å². The topological polar surface area (TPSA) is 58.6 Å². The Labute approximate surface area is 161 Å². The number of ether oxygens (including phenoxy) is 1. The molecule has 2 aliphatic heterocycles. The largest absolute Gasteiger partial charge is 0.447 e. The van der Waals surface area contributed by atoms with Crippen LogP contribution in [0.2, 0.25) is 0 Å². The van der Waals surface area contributed by atoms with Gasteiger partial charge < -0.3 is 15.0 Å². The van der Waals surface area contributed by atoms with Crippen molar-refractivity contribution in [3.63, 3.8) is 0 Å². The minimum Gasteiger partial charge on any atom is -0.447 e. The molecule has 152 valence electrons. The third-order valence-electron chi connectivity index (χ3n) is 6.31. The van der Waals surface area contributed by atoms with E-state index in [1.165, 1.54) is 6.07 Å². The highest BCUT2D eigenvalue weighted by molar-refractivity contribution is 5.81. The summed E-state index contributed by atoms with van der Waals surface area (Å²) < 4.78 is 43.5. The summed E-state index contributed by atoms with van der Waals surface area (Å²) in [6.45, 7) is 3.26. The van der Waals surface area contributed by atoms with E-state index in [2.05, 4.69) is 5.32 Å². The smallest absolute Gasteiger partial charge is 0.416 e. The molecular weight excluding hydrogens is 373 g/mol. The monoisotopic (exact) mass is 396 g/mol. The van der Waals surface area contributed by atoms with Gasteiger partial charge in [0.15, 0.2) is 0 Å². The van der Waals surface area contributed by atoms with Crippen LogP contribution < -0.4 is 5.32 Å². The number of hydrogen-bond donors (Lipinski definition) is 1. The second kappa shape index (κ2) is 6.67. The van der Waals surface area contributed by atoms with Crippen molar-refractivity contribution >= 4 is 12.0 Å². The molecule has 1 saturated carbocycles. The first-order valence-corrected chi connectivity index (χ1v) is 9.58. The molecule has 1 aliphatic carbocycles. The van der Waals surface area contributed by atoms with Crippen LogP contribution in [-0.4, -0.2) is 42.1 Å². The summed E-state index contributed by atoms with van der Waals surface area (Å²) in [4.78, 5) is 25.8. The Morgan fingerprint density at radius 1 is 1.25 bits per heavy atom. The van der Waals surface area contributed by atoms with Gasteiger partial charge >= 0.3 is 12.3 Å². The lowest BCUT2D eigenvalue weighted by atomic mass is 9.68. The predicted octanol–water partition coefficient (Wildman–Crippen LogP) is 3.61.